The Morgan fingerprint density at radius 3 is 2.52 bits per heavy atom. The van der Waals surface area contributed by atoms with Crippen LogP contribution in [0.1, 0.15) is 11.3 Å². The van der Waals surface area contributed by atoms with Crippen molar-refractivity contribution in [2.24, 2.45) is 0 Å². The highest BCUT2D eigenvalue weighted by Gasteiger charge is 2.21. The number of hydrogen-bond acceptors (Lipinski definition) is 4. The Hall–Kier alpha value is -2.37. The van der Waals surface area contributed by atoms with Gasteiger partial charge in [0, 0.05) is 16.6 Å². The summed E-state index contributed by atoms with van der Waals surface area (Å²) in [7, 11) is 1.71. The summed E-state index contributed by atoms with van der Waals surface area (Å²) in [5.74, 6) is 0.913. The van der Waals surface area contributed by atoms with Crippen molar-refractivity contribution in [2.75, 3.05) is 38.2 Å². The lowest BCUT2D eigenvalue weighted by atomic mass is 10.1. The van der Waals surface area contributed by atoms with Crippen molar-refractivity contribution < 1.29 is 9.64 Å². The molecule has 0 saturated carbocycles. The van der Waals surface area contributed by atoms with Crippen molar-refractivity contribution in [1.29, 1.82) is 0 Å². The van der Waals surface area contributed by atoms with Crippen LogP contribution >= 0.6 is 11.3 Å². The van der Waals surface area contributed by atoms with Gasteiger partial charge in [-0.1, -0.05) is 24.3 Å². The van der Waals surface area contributed by atoms with E-state index in [1.165, 1.54) is 22.5 Å². The Kier molecular flexibility index (Phi) is 5.41. The van der Waals surface area contributed by atoms with Crippen molar-refractivity contribution in [3.63, 3.8) is 0 Å². The van der Waals surface area contributed by atoms with Gasteiger partial charge in [0.05, 0.1) is 33.3 Å². The molecule has 1 aliphatic rings. The number of aromatic nitrogens is 1. The van der Waals surface area contributed by atoms with Crippen molar-refractivity contribution >= 4 is 17.0 Å². The highest BCUT2D eigenvalue weighted by Crippen LogP contribution is 2.26. The van der Waals surface area contributed by atoms with E-state index in [0.29, 0.717) is 0 Å². The molecule has 4 nitrogen and oxygen atoms in total. The number of ether oxygens (including phenoxy) is 1. The first-order chi connectivity index (χ1) is 13.2. The number of quaternary nitrogens is 1. The van der Waals surface area contributed by atoms with Crippen molar-refractivity contribution in [1.82, 2.24) is 4.98 Å². The predicted octanol–water partition coefficient (Wildman–Crippen LogP) is 3.03. The van der Waals surface area contributed by atoms with Crippen LogP contribution in [0, 0.1) is 6.92 Å². The number of piperazine rings is 1. The minimum Gasteiger partial charge on any atom is -0.497 e. The summed E-state index contributed by atoms with van der Waals surface area (Å²) in [6.07, 6.45) is 0. The Morgan fingerprint density at radius 1 is 1.07 bits per heavy atom. The third kappa shape index (κ3) is 4.15. The van der Waals surface area contributed by atoms with Crippen molar-refractivity contribution in [2.45, 2.75) is 13.5 Å². The zero-order chi connectivity index (χ0) is 18.6. The van der Waals surface area contributed by atoms with E-state index >= 15 is 0 Å². The second-order valence-electron chi connectivity index (χ2n) is 7.07. The SMILES string of the molecule is COc1ccc(N2CC[NH+](Cc3csc(-c4ccccc4C)n3)CC2)cc1. The third-order valence-corrected chi connectivity index (χ3v) is 6.19. The van der Waals surface area contributed by atoms with Gasteiger partial charge in [0.1, 0.15) is 23.0 Å². The summed E-state index contributed by atoms with van der Waals surface area (Å²) in [4.78, 5) is 8.98. The lowest BCUT2D eigenvalue weighted by Crippen LogP contribution is -3.13. The van der Waals surface area contributed by atoms with E-state index in [9.17, 15) is 0 Å². The quantitative estimate of drug-likeness (QED) is 0.738. The number of aryl methyl sites for hydroxylation is 1. The van der Waals surface area contributed by atoms with Gasteiger partial charge in [0.25, 0.3) is 0 Å². The van der Waals surface area contributed by atoms with Gasteiger partial charge in [0.15, 0.2) is 0 Å². The molecule has 27 heavy (non-hydrogen) atoms. The van der Waals surface area contributed by atoms with Gasteiger partial charge in [-0.25, -0.2) is 4.98 Å². The van der Waals surface area contributed by atoms with E-state index in [1.807, 2.05) is 12.1 Å². The summed E-state index contributed by atoms with van der Waals surface area (Å²) in [5, 5.41) is 3.37. The summed E-state index contributed by atoms with van der Waals surface area (Å²) in [6, 6.07) is 16.9. The van der Waals surface area contributed by atoms with Crippen molar-refractivity contribution in [3.05, 3.63) is 65.2 Å². The average Bonchev–Trinajstić information content (AvgIpc) is 3.17. The van der Waals surface area contributed by atoms with Crippen LogP contribution in [0.25, 0.3) is 10.6 Å². The molecule has 5 heteroatoms. The number of nitrogens with one attached hydrogen (secondary N) is 1. The molecule has 1 saturated heterocycles. The molecule has 0 spiro atoms. The fourth-order valence-electron chi connectivity index (χ4n) is 3.63. The zero-order valence-corrected chi connectivity index (χ0v) is 16.8. The number of rotatable bonds is 5. The number of anilines is 1. The van der Waals surface area contributed by atoms with Crippen LogP contribution in [-0.4, -0.2) is 38.3 Å². The van der Waals surface area contributed by atoms with Gasteiger partial charge in [-0.15, -0.1) is 11.3 Å². The highest BCUT2D eigenvalue weighted by molar-refractivity contribution is 7.13. The molecule has 0 bridgehead atoms. The van der Waals surface area contributed by atoms with Gasteiger partial charge in [-0.2, -0.15) is 0 Å². The molecule has 3 aromatic rings. The van der Waals surface area contributed by atoms with Crippen LogP contribution in [0.5, 0.6) is 5.75 Å². The molecule has 1 N–H and O–H groups in total. The molecule has 0 radical (unpaired) electrons. The second kappa shape index (κ2) is 8.11. The average molecular weight is 381 g/mol. The van der Waals surface area contributed by atoms with Crippen molar-refractivity contribution in [3.8, 4) is 16.3 Å². The number of methoxy groups -OCH3 is 1. The van der Waals surface area contributed by atoms with E-state index < -0.39 is 0 Å². The van der Waals surface area contributed by atoms with Crippen LogP contribution in [0.15, 0.2) is 53.9 Å². The molecule has 4 rings (SSSR count). The normalized spacial score (nSPS) is 15.1. The number of thiazole rings is 1. The standard InChI is InChI=1S/C22H25N3OS/c1-17-5-3-4-6-21(17)22-23-18(16-27-22)15-24-11-13-25(14-12-24)19-7-9-20(26-2)10-8-19/h3-10,16H,11-15H2,1-2H3/p+1. The molecular formula is C22H26N3OS+. The summed E-state index contributed by atoms with van der Waals surface area (Å²) in [6.45, 7) is 7.61. The maximum atomic E-state index is 5.25. The molecule has 0 aliphatic carbocycles. The number of nitrogens with zero attached hydrogens (tertiary/aromatic N) is 2. The molecule has 140 valence electrons. The fourth-order valence-corrected chi connectivity index (χ4v) is 4.54. The van der Waals surface area contributed by atoms with Gasteiger partial charge < -0.3 is 14.5 Å². The molecule has 1 fully saturated rings. The minimum absolute atomic E-state index is 0.913. The van der Waals surface area contributed by atoms with Crippen LogP contribution in [-0.2, 0) is 6.54 Å². The van der Waals surface area contributed by atoms with Crippen LogP contribution in [0.2, 0.25) is 0 Å². The first kappa shape index (κ1) is 18.0. The first-order valence-corrected chi connectivity index (χ1v) is 10.3. The van der Waals surface area contributed by atoms with Gasteiger partial charge >= 0.3 is 0 Å². The maximum Gasteiger partial charge on any atom is 0.124 e. The van der Waals surface area contributed by atoms with E-state index in [0.717, 1.165) is 43.5 Å². The van der Waals surface area contributed by atoms with E-state index in [1.54, 1.807) is 23.3 Å². The zero-order valence-electron chi connectivity index (χ0n) is 15.9. The van der Waals surface area contributed by atoms with Gasteiger partial charge in [0.2, 0.25) is 0 Å². The maximum absolute atomic E-state index is 5.25. The van der Waals surface area contributed by atoms with E-state index in [4.69, 9.17) is 9.72 Å². The molecule has 2 heterocycles. The summed E-state index contributed by atoms with van der Waals surface area (Å²) >= 11 is 1.76. The number of hydrogen-bond donors (Lipinski definition) is 1. The highest BCUT2D eigenvalue weighted by atomic mass is 32.1. The second-order valence-corrected chi connectivity index (χ2v) is 7.93. The Balaban J connectivity index is 1.35. The minimum atomic E-state index is 0.913. The molecule has 1 aliphatic heterocycles. The molecule has 0 amide bonds. The smallest absolute Gasteiger partial charge is 0.124 e. The predicted molar refractivity (Wildman–Crippen MR) is 112 cm³/mol. The fraction of sp³-hybridized carbons (Fsp3) is 0.318. The van der Waals surface area contributed by atoms with Gasteiger partial charge in [-0.05, 0) is 36.8 Å². The topological polar surface area (TPSA) is 29.8 Å². The summed E-state index contributed by atoms with van der Waals surface area (Å²) in [5.41, 5.74) is 5.04. The monoisotopic (exact) mass is 380 g/mol. The van der Waals surface area contributed by atoms with Gasteiger partial charge in [-0.3, -0.25) is 0 Å². The lowest BCUT2D eigenvalue weighted by Gasteiger charge is -2.33. The van der Waals surface area contributed by atoms with Crippen LogP contribution < -0.4 is 14.5 Å². The molecule has 0 unspecified atom stereocenters. The Bertz CT molecular complexity index is 883. The summed E-state index contributed by atoms with van der Waals surface area (Å²) < 4.78 is 5.25. The molecular weight excluding hydrogens is 354 g/mol. The van der Waals surface area contributed by atoms with Crippen LogP contribution in [0.3, 0.4) is 0 Å². The molecule has 1 aromatic heterocycles. The van der Waals surface area contributed by atoms with E-state index in [-0.39, 0.29) is 0 Å². The van der Waals surface area contributed by atoms with Crippen LogP contribution in [0.4, 0.5) is 5.69 Å². The molecule has 0 atom stereocenters. The number of benzene rings is 2. The lowest BCUT2D eigenvalue weighted by molar-refractivity contribution is -0.914. The first-order valence-electron chi connectivity index (χ1n) is 9.46. The van der Waals surface area contributed by atoms with E-state index in [2.05, 4.69) is 53.6 Å². The Labute approximate surface area is 165 Å². The largest absolute Gasteiger partial charge is 0.497 e. The Morgan fingerprint density at radius 2 is 1.81 bits per heavy atom. The molecule has 2 aromatic carbocycles. The third-order valence-electron chi connectivity index (χ3n) is 5.27.